The predicted octanol–water partition coefficient (Wildman–Crippen LogP) is 5.89. The monoisotopic (exact) mass is 498 g/mol. The van der Waals surface area contributed by atoms with Gasteiger partial charge in [0, 0.05) is 11.1 Å². The summed E-state index contributed by atoms with van der Waals surface area (Å²) >= 11 is 1.51. The zero-order chi connectivity index (χ0) is 24.8. The lowest BCUT2D eigenvalue weighted by Gasteiger charge is -2.39. The Morgan fingerprint density at radius 1 is 0.944 bits per heavy atom. The number of thioether (sulfide) groups is 1. The van der Waals surface area contributed by atoms with Crippen LogP contribution in [0.4, 0.5) is 5.95 Å². The van der Waals surface area contributed by atoms with Gasteiger partial charge in [-0.3, -0.25) is 0 Å². The van der Waals surface area contributed by atoms with E-state index in [4.69, 9.17) is 24.3 Å². The molecule has 0 saturated carbocycles. The highest BCUT2D eigenvalue weighted by molar-refractivity contribution is 7.98. The van der Waals surface area contributed by atoms with E-state index in [1.165, 1.54) is 17.3 Å². The third kappa shape index (κ3) is 3.60. The molecule has 7 nitrogen and oxygen atoms in total. The summed E-state index contributed by atoms with van der Waals surface area (Å²) in [5.41, 5.74) is 6.33. The Balaban J connectivity index is 1.62. The summed E-state index contributed by atoms with van der Waals surface area (Å²) in [5, 5.41) is 9.15. The number of ether oxygens (including phenoxy) is 3. The van der Waals surface area contributed by atoms with Crippen molar-refractivity contribution in [3.05, 3.63) is 94.6 Å². The molecule has 0 spiro atoms. The van der Waals surface area contributed by atoms with Gasteiger partial charge in [-0.25, -0.2) is 4.68 Å². The fraction of sp³-hybridized carbons (Fsp3) is 0.214. The second-order valence-electron chi connectivity index (χ2n) is 8.74. The van der Waals surface area contributed by atoms with E-state index in [1.54, 1.807) is 14.2 Å². The molecule has 0 fully saturated rings. The summed E-state index contributed by atoms with van der Waals surface area (Å²) in [5.74, 6) is 2.86. The van der Waals surface area contributed by atoms with Crippen LogP contribution in [0.15, 0.2) is 77.5 Å². The summed E-state index contributed by atoms with van der Waals surface area (Å²) in [6.45, 7) is 2.09. The largest absolute Gasteiger partial charge is 0.493 e. The number of para-hydroxylation sites is 1. The second-order valence-corrected chi connectivity index (χ2v) is 9.52. The average molecular weight is 499 g/mol. The van der Waals surface area contributed by atoms with Gasteiger partial charge in [0.1, 0.15) is 17.9 Å². The van der Waals surface area contributed by atoms with Crippen LogP contribution in [0.2, 0.25) is 0 Å². The minimum atomic E-state index is -0.323. The van der Waals surface area contributed by atoms with Crippen LogP contribution in [-0.2, 0) is 0 Å². The lowest BCUT2D eigenvalue weighted by atomic mass is 9.84. The van der Waals surface area contributed by atoms with E-state index in [1.807, 2.05) is 41.3 Å². The van der Waals surface area contributed by atoms with Gasteiger partial charge in [0.2, 0.25) is 11.1 Å². The van der Waals surface area contributed by atoms with Gasteiger partial charge in [-0.1, -0.05) is 59.8 Å². The van der Waals surface area contributed by atoms with Gasteiger partial charge in [0.15, 0.2) is 11.5 Å². The number of aromatic nitrogens is 3. The number of benzene rings is 3. The van der Waals surface area contributed by atoms with E-state index < -0.39 is 0 Å². The zero-order valence-electron chi connectivity index (χ0n) is 20.5. The third-order valence-corrected chi connectivity index (χ3v) is 7.18. The van der Waals surface area contributed by atoms with Crippen molar-refractivity contribution in [1.82, 2.24) is 14.8 Å². The minimum Gasteiger partial charge on any atom is -0.493 e. The van der Waals surface area contributed by atoms with E-state index >= 15 is 0 Å². The standard InChI is InChI=1S/C28H26N4O3S/c1-16-9-11-17(12-10-16)26-23-24(19-7-5-6-8-20(19)35-26)29-27-30-28(36-4)31-32(27)25(23)18-13-14-21(33-2)22(15-18)34-3/h5-15,25-26H,1-4H3,(H,29,30,31). The van der Waals surface area contributed by atoms with E-state index in [2.05, 4.69) is 48.6 Å². The molecule has 6 rings (SSSR count). The molecule has 36 heavy (non-hydrogen) atoms. The van der Waals surface area contributed by atoms with Crippen molar-refractivity contribution in [2.45, 2.75) is 24.2 Å². The lowest BCUT2D eigenvalue weighted by Crippen LogP contribution is -2.32. The minimum absolute atomic E-state index is 0.274. The molecule has 1 N–H and O–H groups in total. The average Bonchev–Trinajstić information content (AvgIpc) is 3.34. The summed E-state index contributed by atoms with van der Waals surface area (Å²) in [4.78, 5) is 4.77. The molecule has 0 amide bonds. The van der Waals surface area contributed by atoms with Crippen LogP contribution in [0.5, 0.6) is 17.2 Å². The van der Waals surface area contributed by atoms with Crippen LogP contribution in [0.25, 0.3) is 5.70 Å². The summed E-state index contributed by atoms with van der Waals surface area (Å²) in [6, 6.07) is 22.3. The number of hydrogen-bond donors (Lipinski definition) is 1. The Bertz CT molecular complexity index is 1480. The van der Waals surface area contributed by atoms with E-state index in [0.717, 1.165) is 33.7 Å². The molecule has 2 unspecified atom stereocenters. The maximum atomic E-state index is 6.71. The second kappa shape index (κ2) is 8.95. The van der Waals surface area contributed by atoms with Crippen LogP contribution in [-0.4, -0.2) is 35.2 Å². The first-order valence-corrected chi connectivity index (χ1v) is 12.9. The summed E-state index contributed by atoms with van der Waals surface area (Å²) in [7, 11) is 3.29. The highest BCUT2D eigenvalue weighted by Gasteiger charge is 2.41. The third-order valence-electron chi connectivity index (χ3n) is 6.65. The molecule has 0 radical (unpaired) electrons. The highest BCUT2D eigenvalue weighted by atomic mass is 32.2. The number of nitrogens with zero attached hydrogens (tertiary/aromatic N) is 3. The van der Waals surface area contributed by atoms with Crippen LogP contribution in [0.1, 0.15) is 34.4 Å². The smallest absolute Gasteiger partial charge is 0.227 e. The molecule has 182 valence electrons. The van der Waals surface area contributed by atoms with Crippen molar-refractivity contribution in [2.24, 2.45) is 0 Å². The topological polar surface area (TPSA) is 70.4 Å². The zero-order valence-corrected chi connectivity index (χ0v) is 21.3. The number of anilines is 1. The highest BCUT2D eigenvalue weighted by Crippen LogP contribution is 2.51. The van der Waals surface area contributed by atoms with E-state index in [-0.39, 0.29) is 12.1 Å². The number of aryl methyl sites for hydroxylation is 1. The van der Waals surface area contributed by atoms with Crippen LogP contribution in [0.3, 0.4) is 0 Å². The number of hydrogen-bond acceptors (Lipinski definition) is 7. The molecule has 2 atom stereocenters. The van der Waals surface area contributed by atoms with Crippen LogP contribution in [0, 0.1) is 6.92 Å². The molecule has 4 aromatic rings. The molecule has 3 heterocycles. The first kappa shape index (κ1) is 22.5. The van der Waals surface area contributed by atoms with Crippen molar-refractivity contribution in [2.75, 3.05) is 25.8 Å². The Kier molecular flexibility index (Phi) is 5.60. The van der Waals surface area contributed by atoms with Crippen molar-refractivity contribution < 1.29 is 14.2 Å². The molecule has 2 aliphatic rings. The number of methoxy groups -OCH3 is 2. The quantitative estimate of drug-likeness (QED) is 0.344. The normalized spacial score (nSPS) is 17.9. The van der Waals surface area contributed by atoms with E-state index in [9.17, 15) is 0 Å². The molecular formula is C28H26N4O3S. The van der Waals surface area contributed by atoms with Crippen molar-refractivity contribution >= 4 is 23.4 Å². The van der Waals surface area contributed by atoms with E-state index in [0.29, 0.717) is 22.6 Å². The lowest BCUT2D eigenvalue weighted by molar-refractivity contribution is 0.223. The molecule has 3 aromatic carbocycles. The maximum absolute atomic E-state index is 6.71. The maximum Gasteiger partial charge on any atom is 0.227 e. The Hall–Kier alpha value is -3.91. The molecule has 0 saturated heterocycles. The Morgan fingerprint density at radius 3 is 2.44 bits per heavy atom. The van der Waals surface area contributed by atoms with Crippen LogP contribution >= 0.6 is 11.8 Å². The van der Waals surface area contributed by atoms with Gasteiger partial charge in [-0.05, 0) is 48.6 Å². The van der Waals surface area contributed by atoms with Crippen molar-refractivity contribution in [3.63, 3.8) is 0 Å². The van der Waals surface area contributed by atoms with Gasteiger partial charge < -0.3 is 19.5 Å². The molecule has 0 aliphatic carbocycles. The number of fused-ring (bicyclic) bond motifs is 3. The van der Waals surface area contributed by atoms with Gasteiger partial charge in [0.05, 0.1) is 19.9 Å². The molecule has 1 aromatic heterocycles. The van der Waals surface area contributed by atoms with Gasteiger partial charge in [-0.15, -0.1) is 5.10 Å². The van der Waals surface area contributed by atoms with Gasteiger partial charge >= 0.3 is 0 Å². The van der Waals surface area contributed by atoms with Crippen LogP contribution < -0.4 is 19.5 Å². The van der Waals surface area contributed by atoms with Crippen molar-refractivity contribution in [3.8, 4) is 17.2 Å². The first-order valence-electron chi connectivity index (χ1n) is 11.7. The fourth-order valence-electron chi connectivity index (χ4n) is 4.90. The molecule has 0 bridgehead atoms. The molecule has 8 heteroatoms. The first-order chi connectivity index (χ1) is 17.6. The van der Waals surface area contributed by atoms with Crippen molar-refractivity contribution in [1.29, 1.82) is 0 Å². The van der Waals surface area contributed by atoms with Gasteiger partial charge in [-0.2, -0.15) is 4.98 Å². The summed E-state index contributed by atoms with van der Waals surface area (Å²) in [6.07, 6.45) is 1.66. The van der Waals surface area contributed by atoms with Gasteiger partial charge in [0.25, 0.3) is 0 Å². The number of rotatable bonds is 5. The Labute approximate surface area is 214 Å². The fourth-order valence-corrected chi connectivity index (χ4v) is 5.25. The SMILES string of the molecule is COc1ccc(C2C3=C(Nc4nc(SC)nn42)c2ccccc2OC3c2ccc(C)cc2)cc1OC. The predicted molar refractivity (Wildman–Crippen MR) is 141 cm³/mol. The Morgan fingerprint density at radius 2 is 1.69 bits per heavy atom. The molecular weight excluding hydrogens is 472 g/mol. The molecule has 2 aliphatic heterocycles. The summed E-state index contributed by atoms with van der Waals surface area (Å²) < 4.78 is 19.8. The number of nitrogens with one attached hydrogen (secondary N) is 1.